The van der Waals surface area contributed by atoms with Crippen LogP contribution in [0.25, 0.3) is 11.4 Å². The van der Waals surface area contributed by atoms with Crippen LogP contribution in [0.2, 0.25) is 0 Å². The highest BCUT2D eigenvalue weighted by Crippen LogP contribution is 2.23. The van der Waals surface area contributed by atoms with Gasteiger partial charge in [0, 0.05) is 11.6 Å². The first-order valence-electron chi connectivity index (χ1n) is 4.53. The van der Waals surface area contributed by atoms with Crippen LogP contribution in [0.4, 0.5) is 0 Å². The van der Waals surface area contributed by atoms with E-state index in [1.165, 1.54) is 0 Å². The third kappa shape index (κ3) is 2.59. The molecule has 1 aromatic carbocycles. The summed E-state index contributed by atoms with van der Waals surface area (Å²) in [4.78, 5) is 8.60. The lowest BCUT2D eigenvalue weighted by atomic mass is 10.2. The molecule has 82 valence electrons. The van der Waals surface area contributed by atoms with E-state index in [0.717, 1.165) is 20.5 Å². The lowest BCUT2D eigenvalue weighted by Gasteiger charge is -2.04. The first-order chi connectivity index (χ1) is 7.69. The van der Waals surface area contributed by atoms with E-state index in [-0.39, 0.29) is 0 Å². The highest BCUT2D eigenvalue weighted by molar-refractivity contribution is 9.11. The number of methoxy groups -OCH3 is 1. The average molecular weight is 344 g/mol. The first-order valence-corrected chi connectivity index (χ1v) is 6.12. The highest BCUT2D eigenvalue weighted by Gasteiger charge is 2.05. The van der Waals surface area contributed by atoms with Crippen molar-refractivity contribution in [3.63, 3.8) is 0 Å². The molecular weight excluding hydrogens is 336 g/mol. The Morgan fingerprint density at radius 3 is 2.38 bits per heavy atom. The molecule has 0 unspecified atom stereocenters. The van der Waals surface area contributed by atoms with Gasteiger partial charge in [0.1, 0.15) is 15.0 Å². The van der Waals surface area contributed by atoms with Gasteiger partial charge in [-0.05, 0) is 44.0 Å². The average Bonchev–Trinajstić information content (AvgIpc) is 2.28. The fraction of sp³-hybridized carbons (Fsp3) is 0.0909. The van der Waals surface area contributed by atoms with Crippen molar-refractivity contribution in [1.82, 2.24) is 9.97 Å². The summed E-state index contributed by atoms with van der Waals surface area (Å²) >= 11 is 6.67. The van der Waals surface area contributed by atoms with Crippen molar-refractivity contribution in [2.75, 3.05) is 7.11 Å². The van der Waals surface area contributed by atoms with Crippen molar-refractivity contribution in [3.8, 4) is 17.1 Å². The Kier molecular flexibility index (Phi) is 3.56. The standard InChI is InChI=1S/C11H8Br2N2O/c1-16-8-4-2-3-7(5-8)11-14-9(12)6-10(13)15-11/h2-6H,1H3. The predicted molar refractivity (Wildman–Crippen MR) is 69.4 cm³/mol. The SMILES string of the molecule is COc1cccc(-c2nc(Br)cc(Br)n2)c1. The number of ether oxygens (including phenoxy) is 1. The Labute approximate surface area is 110 Å². The summed E-state index contributed by atoms with van der Waals surface area (Å²) in [5.74, 6) is 1.44. The topological polar surface area (TPSA) is 35.0 Å². The molecule has 0 aliphatic carbocycles. The Bertz CT molecular complexity index is 497. The van der Waals surface area contributed by atoms with Gasteiger partial charge in [-0.1, -0.05) is 12.1 Å². The van der Waals surface area contributed by atoms with E-state index in [9.17, 15) is 0 Å². The molecule has 1 heterocycles. The third-order valence-electron chi connectivity index (χ3n) is 1.99. The van der Waals surface area contributed by atoms with Crippen molar-refractivity contribution in [1.29, 1.82) is 0 Å². The summed E-state index contributed by atoms with van der Waals surface area (Å²) < 4.78 is 6.64. The Balaban J connectivity index is 2.49. The number of rotatable bonds is 2. The molecule has 1 aromatic heterocycles. The molecule has 0 radical (unpaired) electrons. The molecule has 0 spiro atoms. The molecular formula is C11H8Br2N2O. The molecule has 2 rings (SSSR count). The minimum Gasteiger partial charge on any atom is -0.497 e. The van der Waals surface area contributed by atoms with Gasteiger partial charge in [0.15, 0.2) is 5.82 Å². The van der Waals surface area contributed by atoms with Crippen LogP contribution in [-0.2, 0) is 0 Å². The second-order valence-corrected chi connectivity index (χ2v) is 4.69. The van der Waals surface area contributed by atoms with Crippen molar-refractivity contribution in [2.24, 2.45) is 0 Å². The molecule has 0 aliphatic heterocycles. The van der Waals surface area contributed by atoms with Crippen LogP contribution in [0.1, 0.15) is 0 Å². The maximum Gasteiger partial charge on any atom is 0.161 e. The van der Waals surface area contributed by atoms with E-state index in [2.05, 4.69) is 41.8 Å². The lowest BCUT2D eigenvalue weighted by molar-refractivity contribution is 0.415. The van der Waals surface area contributed by atoms with Gasteiger partial charge in [-0.15, -0.1) is 0 Å². The predicted octanol–water partition coefficient (Wildman–Crippen LogP) is 3.68. The van der Waals surface area contributed by atoms with Gasteiger partial charge in [-0.25, -0.2) is 9.97 Å². The molecule has 3 nitrogen and oxygen atoms in total. The number of halogens is 2. The number of nitrogens with zero attached hydrogens (tertiary/aromatic N) is 2. The van der Waals surface area contributed by atoms with Crippen molar-refractivity contribution in [2.45, 2.75) is 0 Å². The van der Waals surface area contributed by atoms with E-state index in [1.54, 1.807) is 13.2 Å². The highest BCUT2D eigenvalue weighted by atomic mass is 79.9. The van der Waals surface area contributed by atoms with Crippen LogP contribution in [0.5, 0.6) is 5.75 Å². The Morgan fingerprint density at radius 1 is 1.06 bits per heavy atom. The van der Waals surface area contributed by atoms with E-state index < -0.39 is 0 Å². The quantitative estimate of drug-likeness (QED) is 0.780. The summed E-state index contributed by atoms with van der Waals surface area (Å²) in [6, 6.07) is 9.43. The first kappa shape index (κ1) is 11.5. The lowest BCUT2D eigenvalue weighted by Crippen LogP contribution is -1.91. The molecule has 2 aromatic rings. The molecule has 0 N–H and O–H groups in total. The zero-order chi connectivity index (χ0) is 11.5. The third-order valence-corrected chi connectivity index (χ3v) is 2.80. The molecule has 0 bridgehead atoms. The smallest absolute Gasteiger partial charge is 0.161 e. The maximum atomic E-state index is 5.16. The zero-order valence-corrected chi connectivity index (χ0v) is 11.6. The van der Waals surface area contributed by atoms with Crippen LogP contribution < -0.4 is 4.74 Å². The van der Waals surface area contributed by atoms with Gasteiger partial charge in [-0.2, -0.15) is 0 Å². The van der Waals surface area contributed by atoms with E-state index >= 15 is 0 Å². The molecule has 0 amide bonds. The summed E-state index contributed by atoms with van der Waals surface area (Å²) in [5.41, 5.74) is 0.918. The monoisotopic (exact) mass is 342 g/mol. The van der Waals surface area contributed by atoms with Crippen LogP contribution >= 0.6 is 31.9 Å². The van der Waals surface area contributed by atoms with Crippen molar-refractivity contribution in [3.05, 3.63) is 39.5 Å². The zero-order valence-electron chi connectivity index (χ0n) is 8.45. The Hall–Kier alpha value is -0.940. The van der Waals surface area contributed by atoms with Gasteiger partial charge in [-0.3, -0.25) is 0 Å². The molecule has 0 saturated carbocycles. The molecule has 5 heteroatoms. The van der Waals surface area contributed by atoms with Gasteiger partial charge in [0.05, 0.1) is 7.11 Å². The molecule has 0 aliphatic rings. The summed E-state index contributed by atoms with van der Waals surface area (Å²) in [5, 5.41) is 0. The fourth-order valence-corrected chi connectivity index (χ4v) is 2.36. The minimum atomic E-state index is 0.653. The van der Waals surface area contributed by atoms with Crippen molar-refractivity contribution >= 4 is 31.9 Å². The Morgan fingerprint density at radius 2 is 1.75 bits per heavy atom. The molecule has 0 atom stereocenters. The normalized spacial score (nSPS) is 10.2. The largest absolute Gasteiger partial charge is 0.497 e. The second kappa shape index (κ2) is 4.93. The van der Waals surface area contributed by atoms with Crippen LogP contribution in [0.15, 0.2) is 39.5 Å². The van der Waals surface area contributed by atoms with Gasteiger partial charge < -0.3 is 4.74 Å². The minimum absolute atomic E-state index is 0.653. The van der Waals surface area contributed by atoms with Crippen molar-refractivity contribution < 1.29 is 4.74 Å². The fourth-order valence-electron chi connectivity index (χ4n) is 1.28. The van der Waals surface area contributed by atoms with Gasteiger partial charge in [0.2, 0.25) is 0 Å². The van der Waals surface area contributed by atoms with Crippen LogP contribution in [0.3, 0.4) is 0 Å². The van der Waals surface area contributed by atoms with Gasteiger partial charge in [0.25, 0.3) is 0 Å². The summed E-state index contributed by atoms with van der Waals surface area (Å²) in [6.45, 7) is 0. The van der Waals surface area contributed by atoms with Gasteiger partial charge >= 0.3 is 0 Å². The number of benzene rings is 1. The van der Waals surface area contributed by atoms with E-state index in [0.29, 0.717) is 5.82 Å². The van der Waals surface area contributed by atoms with Crippen LogP contribution in [-0.4, -0.2) is 17.1 Å². The molecule has 0 saturated heterocycles. The molecule has 16 heavy (non-hydrogen) atoms. The molecule has 0 fully saturated rings. The van der Waals surface area contributed by atoms with E-state index in [1.807, 2.05) is 24.3 Å². The summed E-state index contributed by atoms with van der Waals surface area (Å²) in [6.07, 6.45) is 0. The number of hydrogen-bond acceptors (Lipinski definition) is 3. The number of hydrogen-bond donors (Lipinski definition) is 0. The second-order valence-electron chi connectivity index (χ2n) is 3.07. The summed E-state index contributed by atoms with van der Waals surface area (Å²) in [7, 11) is 1.64. The van der Waals surface area contributed by atoms with Crippen LogP contribution in [0, 0.1) is 0 Å². The maximum absolute atomic E-state index is 5.16. The number of aromatic nitrogens is 2. The van der Waals surface area contributed by atoms with E-state index in [4.69, 9.17) is 4.74 Å².